The number of allylic oxidation sites excluding steroid dienone is 5. The Kier molecular flexibility index (Phi) is 6.72. The number of aliphatic imine (C=N–C) groups is 2. The van der Waals surface area contributed by atoms with E-state index in [0.717, 1.165) is 79.0 Å². The zero-order chi connectivity index (χ0) is 31.9. The third kappa shape index (κ3) is 4.86. The van der Waals surface area contributed by atoms with Crippen LogP contribution in [0.15, 0.2) is 197 Å². The van der Waals surface area contributed by atoms with Gasteiger partial charge in [0.1, 0.15) is 0 Å². The van der Waals surface area contributed by atoms with Gasteiger partial charge in [0.15, 0.2) is 0 Å². The van der Waals surface area contributed by atoms with Crippen molar-refractivity contribution in [2.75, 3.05) is 0 Å². The number of hydrogen-bond acceptors (Lipinski definition) is 3. The first kappa shape index (κ1) is 28.0. The molecule has 2 N–H and O–H groups in total. The molecule has 0 saturated heterocycles. The molecule has 8 bridgehead atoms. The van der Waals surface area contributed by atoms with Crippen molar-refractivity contribution in [2.24, 2.45) is 9.98 Å². The van der Waals surface area contributed by atoms with Crippen LogP contribution in [0.3, 0.4) is 0 Å². The molecule has 9 rings (SSSR count). The van der Waals surface area contributed by atoms with E-state index in [1.165, 1.54) is 5.56 Å². The minimum Gasteiger partial charge on any atom is -0.371 e. The zero-order valence-corrected chi connectivity index (χ0v) is 26.3. The van der Waals surface area contributed by atoms with Crippen LogP contribution in [0.25, 0.3) is 16.7 Å². The summed E-state index contributed by atoms with van der Waals surface area (Å²) in [6, 6.07) is 46.7. The predicted molar refractivity (Wildman–Crippen MR) is 196 cm³/mol. The Morgan fingerprint density at radius 3 is 1.62 bits per heavy atom. The first-order valence-corrected chi connectivity index (χ1v) is 16.4. The molecule has 0 amide bonds. The van der Waals surface area contributed by atoms with Gasteiger partial charge in [-0.05, 0) is 71.2 Å². The van der Waals surface area contributed by atoms with Crippen molar-refractivity contribution in [3.8, 4) is 0 Å². The summed E-state index contributed by atoms with van der Waals surface area (Å²) in [6.45, 7) is 0. The molecule has 48 heavy (non-hydrogen) atoms. The van der Waals surface area contributed by atoms with Crippen molar-refractivity contribution in [3.63, 3.8) is 0 Å². The van der Waals surface area contributed by atoms with Crippen molar-refractivity contribution in [1.29, 1.82) is 0 Å². The Balaban J connectivity index is 1.37. The lowest BCUT2D eigenvalue weighted by Gasteiger charge is -2.30. The Morgan fingerprint density at radius 1 is 0.500 bits per heavy atom. The minimum absolute atomic E-state index is 0.491. The van der Waals surface area contributed by atoms with Gasteiger partial charge < -0.3 is 10.3 Å². The van der Waals surface area contributed by atoms with Gasteiger partial charge in [0, 0.05) is 33.1 Å². The van der Waals surface area contributed by atoms with Gasteiger partial charge in [0.25, 0.3) is 0 Å². The molecule has 0 saturated carbocycles. The molecular formula is C44H32N4. The highest BCUT2D eigenvalue weighted by Crippen LogP contribution is 2.41. The molecule has 228 valence electrons. The highest BCUT2D eigenvalue weighted by atomic mass is 15.0. The summed E-state index contributed by atoms with van der Waals surface area (Å²) in [5.41, 5.74) is 12.0. The lowest BCUT2D eigenvalue weighted by molar-refractivity contribution is 0.505. The summed E-state index contributed by atoms with van der Waals surface area (Å²) in [5.74, 6) is 0. The summed E-state index contributed by atoms with van der Waals surface area (Å²) < 4.78 is 0. The molecule has 0 fully saturated rings. The van der Waals surface area contributed by atoms with Crippen LogP contribution in [0.4, 0.5) is 0 Å². The molecule has 4 heteroatoms. The van der Waals surface area contributed by atoms with E-state index < -0.39 is 5.54 Å². The highest BCUT2D eigenvalue weighted by molar-refractivity contribution is 6.31. The third-order valence-electron chi connectivity index (χ3n) is 9.42. The van der Waals surface area contributed by atoms with Crippen molar-refractivity contribution in [1.82, 2.24) is 10.3 Å². The maximum absolute atomic E-state index is 5.39. The van der Waals surface area contributed by atoms with Gasteiger partial charge in [0.05, 0.1) is 28.4 Å². The number of rotatable bonds is 4. The summed E-state index contributed by atoms with van der Waals surface area (Å²) >= 11 is 0. The van der Waals surface area contributed by atoms with Crippen LogP contribution in [-0.2, 0) is 5.54 Å². The van der Waals surface area contributed by atoms with Gasteiger partial charge in [-0.2, -0.15) is 0 Å². The second kappa shape index (κ2) is 11.5. The second-order valence-electron chi connectivity index (χ2n) is 12.4. The van der Waals surface area contributed by atoms with Gasteiger partial charge in [-0.25, -0.2) is 9.98 Å². The van der Waals surface area contributed by atoms with Gasteiger partial charge in [-0.15, -0.1) is 0 Å². The van der Waals surface area contributed by atoms with Crippen LogP contribution in [0.1, 0.15) is 28.7 Å². The maximum Gasteiger partial charge on any atom is 0.0868 e. The van der Waals surface area contributed by atoms with Gasteiger partial charge in [0.2, 0.25) is 0 Å². The molecular weight excluding hydrogens is 585 g/mol. The maximum atomic E-state index is 5.39. The largest absolute Gasteiger partial charge is 0.371 e. The van der Waals surface area contributed by atoms with E-state index in [-0.39, 0.29) is 0 Å². The van der Waals surface area contributed by atoms with Crippen molar-refractivity contribution in [2.45, 2.75) is 12.0 Å². The Hall–Kier alpha value is -6.26. The fourth-order valence-corrected chi connectivity index (χ4v) is 7.19. The SMILES string of the molecule is C1=C/C2=C/C3(c4ccccc4)CC=C(N3)/C(c3ccccc3)=C3/C=CC(=N3)/C(c3ccccc3)=c3/cc/c([nH]3)=C(\c3ccccc3)C1=N2. The van der Waals surface area contributed by atoms with Crippen molar-refractivity contribution < 1.29 is 0 Å². The molecule has 0 aliphatic carbocycles. The molecule has 0 radical (unpaired) electrons. The van der Waals surface area contributed by atoms with E-state index >= 15 is 0 Å². The summed E-state index contributed by atoms with van der Waals surface area (Å²) in [7, 11) is 0. The number of aromatic nitrogens is 1. The number of fused-ring (bicyclic) bond motifs is 6. The van der Waals surface area contributed by atoms with Crippen LogP contribution in [0, 0.1) is 0 Å². The minimum atomic E-state index is -0.491. The first-order chi connectivity index (χ1) is 23.7. The molecule has 5 heterocycles. The lowest BCUT2D eigenvalue weighted by Crippen LogP contribution is -2.36. The summed E-state index contributed by atoms with van der Waals surface area (Å²) in [5, 5.41) is 6.01. The highest BCUT2D eigenvalue weighted by Gasteiger charge is 2.37. The molecule has 1 aromatic heterocycles. The third-order valence-corrected chi connectivity index (χ3v) is 9.42. The van der Waals surface area contributed by atoms with E-state index in [1.807, 2.05) is 0 Å². The van der Waals surface area contributed by atoms with Gasteiger partial charge in [-0.3, -0.25) is 0 Å². The molecule has 4 aliphatic rings. The van der Waals surface area contributed by atoms with E-state index in [9.17, 15) is 0 Å². The summed E-state index contributed by atoms with van der Waals surface area (Å²) in [6.07, 6.45) is 14.0. The summed E-state index contributed by atoms with van der Waals surface area (Å²) in [4.78, 5) is 14.5. The quantitative estimate of drug-likeness (QED) is 0.216. The van der Waals surface area contributed by atoms with Crippen LogP contribution in [0.2, 0.25) is 0 Å². The van der Waals surface area contributed by atoms with Crippen molar-refractivity contribution in [3.05, 3.63) is 220 Å². The zero-order valence-electron chi connectivity index (χ0n) is 26.3. The fraction of sp³-hybridized carbons (Fsp3) is 0.0455. The number of benzene rings is 4. The average molecular weight is 617 g/mol. The van der Waals surface area contributed by atoms with Crippen LogP contribution >= 0.6 is 0 Å². The van der Waals surface area contributed by atoms with E-state index in [2.05, 4.69) is 180 Å². The molecule has 5 aromatic rings. The fourth-order valence-electron chi connectivity index (χ4n) is 7.19. The topological polar surface area (TPSA) is 52.5 Å². The molecule has 4 aromatic carbocycles. The molecule has 1 unspecified atom stereocenters. The molecule has 4 aliphatic heterocycles. The normalized spacial score (nSPS) is 24.4. The number of nitrogens with zero attached hydrogens (tertiary/aromatic N) is 2. The van der Waals surface area contributed by atoms with Gasteiger partial charge >= 0.3 is 0 Å². The lowest BCUT2D eigenvalue weighted by atomic mass is 9.87. The average Bonchev–Trinajstić information content (AvgIpc) is 3.97. The first-order valence-electron chi connectivity index (χ1n) is 16.4. The molecule has 1 atom stereocenters. The van der Waals surface area contributed by atoms with Gasteiger partial charge in [-0.1, -0.05) is 127 Å². The van der Waals surface area contributed by atoms with Crippen LogP contribution in [0.5, 0.6) is 0 Å². The Morgan fingerprint density at radius 2 is 1.02 bits per heavy atom. The second-order valence-corrected chi connectivity index (χ2v) is 12.4. The smallest absolute Gasteiger partial charge is 0.0868 e. The number of aromatic amines is 1. The van der Waals surface area contributed by atoms with E-state index in [4.69, 9.17) is 9.98 Å². The van der Waals surface area contributed by atoms with E-state index in [1.54, 1.807) is 0 Å². The van der Waals surface area contributed by atoms with Crippen molar-refractivity contribution >= 4 is 28.1 Å². The monoisotopic (exact) mass is 616 g/mol. The number of nitrogens with one attached hydrogen (secondary N) is 2. The van der Waals surface area contributed by atoms with Crippen LogP contribution in [-0.4, -0.2) is 16.4 Å². The standard InChI is InChI=1S/C44H32N4/c1-5-13-30(14-6-1)41-35-22-21-34(45-35)29-44(33-19-11-4-12-20-33)28-27-40(48-44)43(32-17-9-3-10-18-32)39-26-25-38(47-39)42(31-15-7-2-8-16-31)37-24-23-36(41)46-37/h1-27,29,46,48H,28H2/b34-29-,41-36-,42-37-,43-39-. The molecule has 4 nitrogen and oxygen atoms in total. The van der Waals surface area contributed by atoms with E-state index in [0.29, 0.717) is 0 Å². The Labute approximate surface area is 279 Å². The number of H-pyrrole nitrogens is 1. The van der Waals surface area contributed by atoms with Crippen LogP contribution < -0.4 is 16.0 Å². The number of hydrogen-bond donors (Lipinski definition) is 2. The predicted octanol–water partition coefficient (Wildman–Crippen LogP) is 7.52. The molecule has 0 spiro atoms. The Bertz CT molecular complexity index is 2400.